The minimum atomic E-state index is -0.765. The van der Waals surface area contributed by atoms with Crippen LogP contribution in [0.5, 0.6) is 11.6 Å². The summed E-state index contributed by atoms with van der Waals surface area (Å²) in [6.07, 6.45) is 4.75. The minimum Gasteiger partial charge on any atom is -0.505 e. The standard InChI is InChI=1S/C29H32ClFN6O3/c1-29(2,3)36-11-9-35(10-12-36)23-15-19(17-32-27(23)40-5)25-26(38)20(16-24(31)33-25)18-6-7-22(21(30)14-18)37-13-8-34(4)28(37)39/h6-8,13-17,38H,9-12H2,1-5H3. The summed E-state index contributed by atoms with van der Waals surface area (Å²) >= 11 is 6.53. The van der Waals surface area contributed by atoms with Crippen LogP contribution in [0.25, 0.3) is 28.1 Å². The SMILES string of the molecule is COc1ncc(-c2nc(F)cc(-c3ccc(-n4ccn(C)c4=O)c(Cl)c3)c2O)cc1N1CCN(C(C)(C)C)CC1. The number of pyridine rings is 2. The summed E-state index contributed by atoms with van der Waals surface area (Å²) in [5.41, 5.74) is 2.23. The molecule has 0 unspecified atom stereocenters. The van der Waals surface area contributed by atoms with Gasteiger partial charge in [-0.05, 0) is 44.5 Å². The Labute approximate surface area is 237 Å². The highest BCUT2D eigenvalue weighted by atomic mass is 35.5. The van der Waals surface area contributed by atoms with E-state index in [1.165, 1.54) is 15.3 Å². The monoisotopic (exact) mass is 566 g/mol. The third kappa shape index (κ3) is 5.16. The van der Waals surface area contributed by atoms with Gasteiger partial charge < -0.3 is 19.3 Å². The van der Waals surface area contributed by atoms with Crippen LogP contribution >= 0.6 is 11.6 Å². The third-order valence-corrected chi connectivity index (χ3v) is 7.60. The number of aryl methyl sites for hydroxylation is 1. The second-order valence-corrected chi connectivity index (χ2v) is 11.2. The molecule has 4 aromatic rings. The minimum absolute atomic E-state index is 0.0548. The number of aromatic nitrogens is 4. The first-order valence-electron chi connectivity index (χ1n) is 13.0. The lowest BCUT2D eigenvalue weighted by atomic mass is 10.0. The number of nitrogens with zero attached hydrogens (tertiary/aromatic N) is 6. The summed E-state index contributed by atoms with van der Waals surface area (Å²) in [4.78, 5) is 25.4. The number of aromatic hydroxyl groups is 1. The van der Waals surface area contributed by atoms with Crippen molar-refractivity contribution in [2.75, 3.05) is 38.2 Å². The molecule has 0 aliphatic carbocycles. The fourth-order valence-corrected chi connectivity index (χ4v) is 5.29. The highest BCUT2D eigenvalue weighted by Gasteiger charge is 2.28. The topological polar surface area (TPSA) is 88.6 Å². The van der Waals surface area contributed by atoms with Gasteiger partial charge in [-0.2, -0.15) is 4.39 Å². The molecule has 0 saturated carbocycles. The van der Waals surface area contributed by atoms with Gasteiger partial charge in [-0.25, -0.2) is 14.8 Å². The van der Waals surface area contributed by atoms with E-state index in [9.17, 15) is 14.3 Å². The highest BCUT2D eigenvalue weighted by Crippen LogP contribution is 2.40. The molecule has 4 heterocycles. The maximum absolute atomic E-state index is 14.9. The maximum Gasteiger partial charge on any atom is 0.332 e. The van der Waals surface area contributed by atoms with Crippen LogP contribution in [0.1, 0.15) is 20.8 Å². The fourth-order valence-electron chi connectivity index (χ4n) is 5.02. The molecule has 210 valence electrons. The Morgan fingerprint density at radius 1 is 1.02 bits per heavy atom. The first-order valence-corrected chi connectivity index (χ1v) is 13.3. The lowest BCUT2D eigenvalue weighted by Crippen LogP contribution is -2.53. The van der Waals surface area contributed by atoms with Gasteiger partial charge in [0.05, 0.1) is 17.8 Å². The average molecular weight is 567 g/mol. The summed E-state index contributed by atoms with van der Waals surface area (Å²) in [6, 6.07) is 7.89. The molecule has 1 saturated heterocycles. The van der Waals surface area contributed by atoms with Gasteiger partial charge in [0.15, 0.2) is 0 Å². The van der Waals surface area contributed by atoms with Crippen molar-refractivity contribution in [2.45, 2.75) is 26.3 Å². The molecule has 0 amide bonds. The van der Waals surface area contributed by atoms with E-state index in [4.69, 9.17) is 16.3 Å². The number of piperazine rings is 1. The Balaban J connectivity index is 1.51. The quantitative estimate of drug-likeness (QED) is 0.349. The predicted octanol–water partition coefficient (Wildman–Crippen LogP) is 4.73. The van der Waals surface area contributed by atoms with Crippen LogP contribution in [0, 0.1) is 5.95 Å². The van der Waals surface area contributed by atoms with Gasteiger partial charge in [0.25, 0.3) is 0 Å². The van der Waals surface area contributed by atoms with E-state index < -0.39 is 5.95 Å². The molecule has 40 heavy (non-hydrogen) atoms. The third-order valence-electron chi connectivity index (χ3n) is 7.29. The Morgan fingerprint density at radius 2 is 1.75 bits per heavy atom. The normalized spacial score (nSPS) is 14.5. The van der Waals surface area contributed by atoms with E-state index in [1.807, 2.05) is 6.07 Å². The number of hydrogen-bond acceptors (Lipinski definition) is 7. The largest absolute Gasteiger partial charge is 0.505 e. The summed E-state index contributed by atoms with van der Waals surface area (Å²) in [6.45, 7) is 9.87. The molecule has 1 fully saturated rings. The van der Waals surface area contributed by atoms with Crippen molar-refractivity contribution in [1.82, 2.24) is 24.0 Å². The van der Waals surface area contributed by atoms with Crippen LogP contribution in [0.3, 0.4) is 0 Å². The summed E-state index contributed by atoms with van der Waals surface area (Å²) in [5.74, 6) is -0.529. The molecule has 3 aromatic heterocycles. The summed E-state index contributed by atoms with van der Waals surface area (Å²) < 4.78 is 23.3. The number of rotatable bonds is 5. The lowest BCUT2D eigenvalue weighted by molar-refractivity contribution is 0.128. The number of halogens is 2. The zero-order valence-corrected chi connectivity index (χ0v) is 23.9. The van der Waals surface area contributed by atoms with Crippen molar-refractivity contribution in [1.29, 1.82) is 0 Å². The van der Waals surface area contributed by atoms with Crippen molar-refractivity contribution < 1.29 is 14.2 Å². The molecule has 1 aliphatic heterocycles. The molecule has 5 rings (SSSR count). The Morgan fingerprint density at radius 3 is 2.35 bits per heavy atom. The van der Waals surface area contributed by atoms with Gasteiger partial charge in [0, 0.05) is 74.5 Å². The average Bonchev–Trinajstić information content (AvgIpc) is 3.26. The smallest absolute Gasteiger partial charge is 0.332 e. The van der Waals surface area contributed by atoms with Gasteiger partial charge in [0.2, 0.25) is 11.8 Å². The highest BCUT2D eigenvalue weighted by molar-refractivity contribution is 6.32. The van der Waals surface area contributed by atoms with Crippen LogP contribution in [0.2, 0.25) is 5.02 Å². The maximum atomic E-state index is 14.9. The molecule has 9 nitrogen and oxygen atoms in total. The van der Waals surface area contributed by atoms with Crippen LogP contribution in [0.4, 0.5) is 10.1 Å². The van der Waals surface area contributed by atoms with Crippen molar-refractivity contribution >= 4 is 17.3 Å². The van der Waals surface area contributed by atoms with Crippen LogP contribution < -0.4 is 15.3 Å². The van der Waals surface area contributed by atoms with Crippen molar-refractivity contribution in [3.63, 3.8) is 0 Å². The molecular formula is C29H32ClFN6O3. The number of hydrogen-bond donors (Lipinski definition) is 1. The Bertz CT molecular complexity index is 1620. The molecule has 0 bridgehead atoms. The zero-order chi connectivity index (χ0) is 28.8. The number of anilines is 1. The van der Waals surface area contributed by atoms with Crippen LogP contribution in [0.15, 0.2) is 53.7 Å². The lowest BCUT2D eigenvalue weighted by Gasteiger charge is -2.43. The fraction of sp³-hybridized carbons (Fsp3) is 0.345. The van der Waals surface area contributed by atoms with Gasteiger partial charge in [-0.3, -0.25) is 9.47 Å². The van der Waals surface area contributed by atoms with Crippen molar-refractivity contribution in [3.05, 3.63) is 70.4 Å². The van der Waals surface area contributed by atoms with Gasteiger partial charge in [-0.15, -0.1) is 0 Å². The number of ether oxygens (including phenoxy) is 1. The number of methoxy groups -OCH3 is 1. The molecule has 11 heteroatoms. The molecule has 0 atom stereocenters. The van der Waals surface area contributed by atoms with E-state index in [0.29, 0.717) is 22.7 Å². The van der Waals surface area contributed by atoms with Crippen molar-refractivity contribution in [2.24, 2.45) is 7.05 Å². The van der Waals surface area contributed by atoms with E-state index >= 15 is 0 Å². The Kier molecular flexibility index (Phi) is 7.32. The van der Waals surface area contributed by atoms with Gasteiger partial charge in [-0.1, -0.05) is 17.7 Å². The van der Waals surface area contributed by atoms with E-state index in [1.54, 1.807) is 44.8 Å². The predicted molar refractivity (Wildman–Crippen MR) is 154 cm³/mol. The van der Waals surface area contributed by atoms with Gasteiger partial charge >= 0.3 is 5.69 Å². The van der Waals surface area contributed by atoms with Crippen molar-refractivity contribution in [3.8, 4) is 39.7 Å². The Hall–Kier alpha value is -3.89. The molecule has 0 spiro atoms. The van der Waals surface area contributed by atoms with E-state index in [2.05, 4.69) is 40.5 Å². The first kappa shape index (κ1) is 27.7. The molecule has 1 aliphatic rings. The zero-order valence-electron chi connectivity index (χ0n) is 23.2. The second kappa shape index (κ2) is 10.6. The number of benzene rings is 1. The first-order chi connectivity index (χ1) is 19.0. The summed E-state index contributed by atoms with van der Waals surface area (Å²) in [5, 5.41) is 11.6. The second-order valence-electron chi connectivity index (χ2n) is 10.8. The van der Waals surface area contributed by atoms with E-state index in [-0.39, 0.29) is 33.3 Å². The molecule has 0 radical (unpaired) electrons. The van der Waals surface area contributed by atoms with E-state index in [0.717, 1.165) is 37.9 Å². The summed E-state index contributed by atoms with van der Waals surface area (Å²) in [7, 11) is 3.20. The van der Waals surface area contributed by atoms with Crippen LogP contribution in [-0.2, 0) is 7.05 Å². The van der Waals surface area contributed by atoms with Gasteiger partial charge in [0.1, 0.15) is 17.1 Å². The molecule has 1 N–H and O–H groups in total. The van der Waals surface area contributed by atoms with Crippen LogP contribution in [-0.4, -0.2) is 67.9 Å². The molecule has 1 aromatic carbocycles. The number of imidazole rings is 1. The molecular weight excluding hydrogens is 535 g/mol.